The van der Waals surface area contributed by atoms with Crippen molar-refractivity contribution in [3.63, 3.8) is 0 Å². The monoisotopic (exact) mass is 336 g/mol. The lowest BCUT2D eigenvalue weighted by Gasteiger charge is -2.18. The van der Waals surface area contributed by atoms with Gasteiger partial charge in [0.15, 0.2) is 0 Å². The number of hydrogen-bond donors (Lipinski definition) is 1. The van der Waals surface area contributed by atoms with Gasteiger partial charge in [-0.05, 0) is 23.8 Å². The predicted molar refractivity (Wildman–Crippen MR) is 88.9 cm³/mol. The third kappa shape index (κ3) is 3.45. The Morgan fingerprint density at radius 2 is 2.00 bits per heavy atom. The number of nitriles is 1. The molecule has 3 rings (SSSR count). The van der Waals surface area contributed by atoms with Crippen LogP contribution in [0.15, 0.2) is 48.5 Å². The molecule has 0 saturated heterocycles. The zero-order valence-corrected chi connectivity index (χ0v) is 13.4. The Bertz CT molecular complexity index is 842. The molecule has 1 unspecified atom stereocenters. The number of fused-ring (bicyclic) bond motifs is 1. The molecule has 1 atom stereocenters. The van der Waals surface area contributed by atoms with E-state index >= 15 is 0 Å². The van der Waals surface area contributed by atoms with Crippen LogP contribution in [0.4, 0.5) is 0 Å². The third-order valence-corrected chi connectivity index (χ3v) is 4.06. The number of nitrogens with zero attached hydrogens (tertiary/aromatic N) is 2. The molecule has 2 aromatic rings. The van der Waals surface area contributed by atoms with E-state index in [9.17, 15) is 14.9 Å². The van der Waals surface area contributed by atoms with Crippen molar-refractivity contribution in [1.82, 2.24) is 4.90 Å². The van der Waals surface area contributed by atoms with Gasteiger partial charge in [0.2, 0.25) is 0 Å². The van der Waals surface area contributed by atoms with E-state index in [0.717, 1.165) is 5.56 Å². The van der Waals surface area contributed by atoms with Crippen LogP contribution in [0.3, 0.4) is 0 Å². The zero-order valence-electron chi connectivity index (χ0n) is 13.4. The second-order valence-electron chi connectivity index (χ2n) is 5.70. The molecule has 0 radical (unpaired) electrons. The van der Waals surface area contributed by atoms with E-state index in [2.05, 4.69) is 6.07 Å². The van der Waals surface area contributed by atoms with Crippen LogP contribution >= 0.6 is 0 Å². The van der Waals surface area contributed by atoms with Crippen LogP contribution in [0.2, 0.25) is 0 Å². The molecular weight excluding hydrogens is 320 g/mol. The Hall–Kier alpha value is -3.33. The molecule has 25 heavy (non-hydrogen) atoms. The van der Waals surface area contributed by atoms with E-state index in [4.69, 9.17) is 9.84 Å². The summed E-state index contributed by atoms with van der Waals surface area (Å²) < 4.78 is 5.75. The number of carboxylic acid groups (broad SMARTS) is 1. The highest BCUT2D eigenvalue weighted by atomic mass is 16.5. The molecule has 0 fully saturated rings. The number of amides is 1. The van der Waals surface area contributed by atoms with Crippen molar-refractivity contribution < 1.29 is 19.4 Å². The summed E-state index contributed by atoms with van der Waals surface area (Å²) >= 11 is 0. The van der Waals surface area contributed by atoms with Gasteiger partial charge in [-0.15, -0.1) is 0 Å². The van der Waals surface area contributed by atoms with Crippen LogP contribution < -0.4 is 4.74 Å². The van der Waals surface area contributed by atoms with Crippen LogP contribution in [-0.2, 0) is 11.4 Å². The van der Waals surface area contributed by atoms with Crippen LogP contribution in [0.5, 0.6) is 5.75 Å². The van der Waals surface area contributed by atoms with Gasteiger partial charge in [-0.25, -0.2) is 0 Å². The number of ether oxygens (including phenoxy) is 1. The fourth-order valence-corrected chi connectivity index (χ4v) is 2.82. The summed E-state index contributed by atoms with van der Waals surface area (Å²) in [6, 6.07) is 16.0. The Labute approximate surface area is 144 Å². The van der Waals surface area contributed by atoms with Gasteiger partial charge in [-0.2, -0.15) is 5.26 Å². The number of rotatable bonds is 6. The average Bonchev–Trinajstić information content (AvgIpc) is 2.90. The molecule has 1 N–H and O–H groups in total. The fourth-order valence-electron chi connectivity index (χ4n) is 2.82. The Kier molecular flexibility index (Phi) is 4.66. The topological polar surface area (TPSA) is 90.6 Å². The van der Waals surface area contributed by atoms with Crippen LogP contribution in [-0.4, -0.2) is 28.4 Å². The average molecular weight is 336 g/mol. The first-order valence-electron chi connectivity index (χ1n) is 7.83. The van der Waals surface area contributed by atoms with Gasteiger partial charge < -0.3 is 14.7 Å². The second kappa shape index (κ2) is 7.05. The summed E-state index contributed by atoms with van der Waals surface area (Å²) in [7, 11) is 0. The number of aliphatic carboxylic acids is 1. The van der Waals surface area contributed by atoms with Crippen LogP contribution in [0.1, 0.15) is 33.9 Å². The zero-order chi connectivity index (χ0) is 17.8. The summed E-state index contributed by atoms with van der Waals surface area (Å²) in [5, 5.41) is 18.3. The molecule has 0 bridgehead atoms. The lowest BCUT2D eigenvalue weighted by atomic mass is 10.1. The highest BCUT2D eigenvalue weighted by Crippen LogP contribution is 2.35. The molecule has 6 heteroatoms. The first kappa shape index (κ1) is 16.5. The number of carbonyl (C=O) groups excluding carboxylic acids is 1. The molecule has 0 aromatic heterocycles. The lowest BCUT2D eigenvalue weighted by Crippen LogP contribution is -2.29. The van der Waals surface area contributed by atoms with E-state index in [0.29, 0.717) is 23.5 Å². The quantitative estimate of drug-likeness (QED) is 0.876. The van der Waals surface area contributed by atoms with Gasteiger partial charge in [-0.1, -0.05) is 30.3 Å². The van der Waals surface area contributed by atoms with Gasteiger partial charge >= 0.3 is 5.97 Å². The maximum absolute atomic E-state index is 12.4. The number of carboxylic acids is 1. The van der Waals surface area contributed by atoms with E-state index < -0.39 is 12.0 Å². The fraction of sp³-hybridized carbons (Fsp3) is 0.211. The number of carbonyl (C=O) groups is 2. The number of benzene rings is 2. The van der Waals surface area contributed by atoms with E-state index in [1.807, 2.05) is 30.3 Å². The van der Waals surface area contributed by atoms with Gasteiger partial charge in [0.1, 0.15) is 18.4 Å². The summed E-state index contributed by atoms with van der Waals surface area (Å²) in [6.45, 7) is 0.384. The summed E-state index contributed by atoms with van der Waals surface area (Å²) in [4.78, 5) is 24.5. The van der Waals surface area contributed by atoms with Gasteiger partial charge in [0.25, 0.3) is 5.91 Å². The van der Waals surface area contributed by atoms with Gasteiger partial charge in [-0.3, -0.25) is 9.59 Å². The SMILES string of the molecule is N#CC1c2cc(OCc3ccccc3)ccc2C(=O)N1CCC(=O)O. The van der Waals surface area contributed by atoms with Crippen molar-refractivity contribution in [1.29, 1.82) is 5.26 Å². The molecule has 1 amide bonds. The van der Waals surface area contributed by atoms with Crippen molar-refractivity contribution in [3.8, 4) is 11.8 Å². The third-order valence-electron chi connectivity index (χ3n) is 4.06. The Morgan fingerprint density at radius 1 is 1.24 bits per heavy atom. The first-order valence-corrected chi connectivity index (χ1v) is 7.83. The normalized spacial score (nSPS) is 15.6. The Morgan fingerprint density at radius 3 is 2.68 bits per heavy atom. The van der Waals surface area contributed by atoms with Crippen molar-refractivity contribution >= 4 is 11.9 Å². The maximum atomic E-state index is 12.4. The molecule has 126 valence electrons. The minimum atomic E-state index is -1.01. The predicted octanol–water partition coefficient (Wildman–Crippen LogP) is 2.76. The summed E-state index contributed by atoms with van der Waals surface area (Å²) in [5.41, 5.74) is 1.99. The van der Waals surface area contributed by atoms with Gasteiger partial charge in [0, 0.05) is 17.7 Å². The molecule has 1 aliphatic heterocycles. The molecule has 0 saturated carbocycles. The minimum absolute atomic E-state index is 0.00127. The molecule has 2 aromatic carbocycles. The van der Waals surface area contributed by atoms with E-state index in [1.54, 1.807) is 18.2 Å². The van der Waals surface area contributed by atoms with Crippen molar-refractivity contribution in [2.24, 2.45) is 0 Å². The van der Waals surface area contributed by atoms with Gasteiger partial charge in [0.05, 0.1) is 12.5 Å². The minimum Gasteiger partial charge on any atom is -0.489 e. The van der Waals surface area contributed by atoms with E-state index in [-0.39, 0.29) is 18.9 Å². The molecular formula is C19H16N2O4. The van der Waals surface area contributed by atoms with Crippen LogP contribution in [0.25, 0.3) is 0 Å². The van der Waals surface area contributed by atoms with E-state index in [1.165, 1.54) is 4.90 Å². The van der Waals surface area contributed by atoms with Crippen molar-refractivity contribution in [3.05, 3.63) is 65.2 Å². The standard InChI is InChI=1S/C19H16N2O4/c20-11-17-16-10-14(25-12-13-4-2-1-3-5-13)6-7-15(16)19(24)21(17)9-8-18(22)23/h1-7,10,17H,8-9,12H2,(H,22,23). The number of hydrogen-bond acceptors (Lipinski definition) is 4. The summed E-state index contributed by atoms with van der Waals surface area (Å²) in [5.74, 6) is -0.763. The smallest absolute Gasteiger partial charge is 0.305 e. The molecule has 6 nitrogen and oxygen atoms in total. The maximum Gasteiger partial charge on any atom is 0.305 e. The van der Waals surface area contributed by atoms with Crippen LogP contribution in [0, 0.1) is 11.3 Å². The summed E-state index contributed by atoms with van der Waals surface area (Å²) in [6.07, 6.45) is -0.199. The Balaban J connectivity index is 1.78. The molecule has 0 spiro atoms. The highest BCUT2D eigenvalue weighted by molar-refractivity contribution is 6.00. The van der Waals surface area contributed by atoms with Crippen molar-refractivity contribution in [2.45, 2.75) is 19.1 Å². The molecule has 0 aliphatic carbocycles. The first-order chi connectivity index (χ1) is 12.1. The highest BCUT2D eigenvalue weighted by Gasteiger charge is 2.37. The largest absolute Gasteiger partial charge is 0.489 e. The molecule has 1 aliphatic rings. The molecule has 1 heterocycles. The second-order valence-corrected chi connectivity index (χ2v) is 5.70. The lowest BCUT2D eigenvalue weighted by molar-refractivity contribution is -0.137. The van der Waals surface area contributed by atoms with Crippen molar-refractivity contribution in [2.75, 3.05) is 6.54 Å².